The highest BCUT2D eigenvalue weighted by Gasteiger charge is 2.41. The van der Waals surface area contributed by atoms with Crippen LogP contribution >= 0.6 is 11.8 Å². The maximum Gasteiger partial charge on any atom is 0.256 e. The van der Waals surface area contributed by atoms with Crippen LogP contribution in [0.3, 0.4) is 0 Å². The fraction of sp³-hybridized carbons (Fsp3) is 0.500. The molecule has 0 amide bonds. The van der Waals surface area contributed by atoms with E-state index < -0.39 is 8.07 Å². The fourth-order valence-corrected chi connectivity index (χ4v) is 10.4. The SMILES string of the molecule is CSc1ncc2c(C#C[Si](C(C)C)(C(C)C)C(C)C)c(C)c(=O)n(Cc3cnoc3)c2n1. The highest BCUT2D eigenvalue weighted by Crippen LogP contribution is 2.41. The first-order valence-electron chi connectivity index (χ1n) is 11.0. The fourth-order valence-electron chi connectivity index (χ4n) is 4.84. The highest BCUT2D eigenvalue weighted by molar-refractivity contribution is 7.98. The quantitative estimate of drug-likeness (QED) is 0.208. The topological polar surface area (TPSA) is 73.8 Å². The minimum absolute atomic E-state index is 0.0975. The molecular weight excluding hydrogens is 436 g/mol. The van der Waals surface area contributed by atoms with Gasteiger partial charge in [0.2, 0.25) is 0 Å². The minimum Gasteiger partial charge on any atom is -0.364 e. The summed E-state index contributed by atoms with van der Waals surface area (Å²) in [7, 11) is -1.96. The van der Waals surface area contributed by atoms with Crippen LogP contribution in [0.15, 0.2) is 33.1 Å². The van der Waals surface area contributed by atoms with Crippen molar-refractivity contribution in [3.8, 4) is 11.5 Å². The number of pyridine rings is 1. The third-order valence-electron chi connectivity index (χ3n) is 6.49. The Bertz CT molecular complexity index is 1200. The smallest absolute Gasteiger partial charge is 0.256 e. The van der Waals surface area contributed by atoms with Crippen LogP contribution in [0.2, 0.25) is 16.6 Å². The number of fused-ring (bicyclic) bond motifs is 1. The molecule has 0 aliphatic rings. The second-order valence-electron chi connectivity index (χ2n) is 9.17. The Hall–Kier alpha value is -2.37. The molecule has 0 bridgehead atoms. The Labute approximate surface area is 195 Å². The van der Waals surface area contributed by atoms with E-state index >= 15 is 0 Å². The van der Waals surface area contributed by atoms with Gasteiger partial charge in [-0.2, -0.15) is 0 Å². The van der Waals surface area contributed by atoms with Crippen LogP contribution in [-0.4, -0.2) is 34.0 Å². The molecule has 0 aliphatic carbocycles. The lowest BCUT2D eigenvalue weighted by Crippen LogP contribution is -2.43. The molecule has 0 atom stereocenters. The Kier molecular flexibility index (Phi) is 7.31. The molecule has 3 aromatic heterocycles. The van der Waals surface area contributed by atoms with E-state index in [0.717, 1.165) is 16.5 Å². The van der Waals surface area contributed by atoms with Crippen LogP contribution in [0, 0.1) is 18.4 Å². The van der Waals surface area contributed by atoms with Crippen LogP contribution in [0.25, 0.3) is 11.0 Å². The van der Waals surface area contributed by atoms with E-state index in [4.69, 9.17) is 9.51 Å². The molecule has 0 aliphatic heterocycles. The predicted octanol–water partition coefficient (Wildman–Crippen LogP) is 5.43. The number of nitrogens with zero attached hydrogens (tertiary/aromatic N) is 4. The number of rotatable bonds is 6. The molecule has 32 heavy (non-hydrogen) atoms. The number of thioether (sulfide) groups is 1. The maximum absolute atomic E-state index is 13.4. The van der Waals surface area contributed by atoms with Gasteiger partial charge in [0.1, 0.15) is 20.0 Å². The second kappa shape index (κ2) is 9.63. The molecule has 3 aromatic rings. The summed E-state index contributed by atoms with van der Waals surface area (Å²) in [6.45, 7) is 15.9. The lowest BCUT2D eigenvalue weighted by molar-refractivity contribution is 0.418. The summed E-state index contributed by atoms with van der Waals surface area (Å²) >= 11 is 1.45. The van der Waals surface area contributed by atoms with Crippen LogP contribution in [-0.2, 0) is 6.54 Å². The third kappa shape index (κ3) is 4.28. The van der Waals surface area contributed by atoms with Gasteiger partial charge >= 0.3 is 0 Å². The van der Waals surface area contributed by atoms with Gasteiger partial charge in [-0.15, -0.1) is 5.54 Å². The molecule has 3 rings (SSSR count). The van der Waals surface area contributed by atoms with Crippen LogP contribution in [0.4, 0.5) is 0 Å². The molecule has 0 saturated heterocycles. The lowest BCUT2D eigenvalue weighted by atomic mass is 10.1. The first-order valence-corrected chi connectivity index (χ1v) is 14.4. The molecule has 3 heterocycles. The van der Waals surface area contributed by atoms with Gasteiger partial charge in [-0.3, -0.25) is 9.36 Å². The number of hydrogen-bond donors (Lipinski definition) is 0. The molecule has 0 fully saturated rings. The van der Waals surface area contributed by atoms with Crippen molar-refractivity contribution in [2.75, 3.05) is 6.26 Å². The van der Waals surface area contributed by atoms with Crippen molar-refractivity contribution in [1.29, 1.82) is 0 Å². The average Bonchev–Trinajstić information content (AvgIpc) is 3.26. The van der Waals surface area contributed by atoms with Gasteiger partial charge in [0.05, 0.1) is 18.1 Å². The largest absolute Gasteiger partial charge is 0.364 e. The van der Waals surface area contributed by atoms with Crippen molar-refractivity contribution in [2.24, 2.45) is 0 Å². The van der Waals surface area contributed by atoms with Crippen LogP contribution in [0.1, 0.15) is 58.2 Å². The van der Waals surface area contributed by atoms with Crippen LogP contribution in [0.5, 0.6) is 0 Å². The molecular formula is C24H32N4O2SSi. The Balaban J connectivity index is 2.32. The minimum atomic E-state index is -1.96. The number of aromatic nitrogens is 4. The van der Waals surface area contributed by atoms with Crippen molar-refractivity contribution in [2.45, 2.75) is 76.8 Å². The van der Waals surface area contributed by atoms with Crippen molar-refractivity contribution >= 4 is 30.9 Å². The highest BCUT2D eigenvalue weighted by atomic mass is 32.2. The Morgan fingerprint density at radius 2 is 1.78 bits per heavy atom. The summed E-state index contributed by atoms with van der Waals surface area (Å²) in [5, 5.41) is 5.19. The Morgan fingerprint density at radius 3 is 2.31 bits per heavy atom. The average molecular weight is 469 g/mol. The van der Waals surface area contributed by atoms with Gasteiger partial charge in [0.25, 0.3) is 5.56 Å². The van der Waals surface area contributed by atoms with Gasteiger partial charge in [0, 0.05) is 22.9 Å². The van der Waals surface area contributed by atoms with Crippen molar-refractivity contribution < 1.29 is 4.52 Å². The normalized spacial score (nSPS) is 12.1. The van der Waals surface area contributed by atoms with E-state index in [-0.39, 0.29) is 5.56 Å². The molecule has 6 nitrogen and oxygen atoms in total. The molecule has 0 N–H and O–H groups in total. The molecule has 0 aromatic carbocycles. The van der Waals surface area contributed by atoms with Crippen LogP contribution < -0.4 is 5.56 Å². The first kappa shape index (κ1) is 24.3. The first-order chi connectivity index (χ1) is 15.1. The van der Waals surface area contributed by atoms with Gasteiger partial charge in [-0.25, -0.2) is 9.97 Å². The summed E-state index contributed by atoms with van der Waals surface area (Å²) in [5.41, 5.74) is 7.96. The zero-order valence-electron chi connectivity index (χ0n) is 20.2. The summed E-state index contributed by atoms with van der Waals surface area (Å²) in [4.78, 5) is 22.6. The Morgan fingerprint density at radius 1 is 1.12 bits per heavy atom. The van der Waals surface area contributed by atoms with Gasteiger partial charge in [0.15, 0.2) is 5.16 Å². The molecule has 0 spiro atoms. The summed E-state index contributed by atoms with van der Waals surface area (Å²) in [5.74, 6) is 3.49. The van der Waals surface area contributed by atoms with E-state index in [9.17, 15) is 4.79 Å². The summed E-state index contributed by atoms with van der Waals surface area (Å²) in [6.07, 6.45) is 6.89. The molecule has 0 saturated carbocycles. The van der Waals surface area contributed by atoms with E-state index in [1.807, 2.05) is 13.2 Å². The van der Waals surface area contributed by atoms with Gasteiger partial charge in [-0.05, 0) is 29.8 Å². The van der Waals surface area contributed by atoms with Gasteiger partial charge in [-0.1, -0.05) is 64.4 Å². The van der Waals surface area contributed by atoms with Crippen molar-refractivity contribution in [1.82, 2.24) is 19.7 Å². The molecule has 170 valence electrons. The predicted molar refractivity (Wildman–Crippen MR) is 134 cm³/mol. The molecule has 0 unspecified atom stereocenters. The molecule has 0 radical (unpaired) electrons. The zero-order valence-corrected chi connectivity index (χ0v) is 22.0. The standard InChI is InChI=1S/C24H32N4O2SSi/c1-15(2)32(16(3)4,17(5)6)10-9-20-18(7)23(29)28(13-19-11-26-30-14-19)22-21(20)12-25-24(27-22)31-8/h11-12,14-17H,13H2,1-8H3. The monoisotopic (exact) mass is 468 g/mol. The third-order valence-corrected chi connectivity index (χ3v) is 13.3. The summed E-state index contributed by atoms with van der Waals surface area (Å²) < 4.78 is 6.63. The zero-order chi connectivity index (χ0) is 23.6. The van der Waals surface area contributed by atoms with E-state index in [2.05, 4.69) is 63.1 Å². The number of hydrogen-bond acceptors (Lipinski definition) is 6. The maximum atomic E-state index is 13.4. The molecule has 8 heteroatoms. The second-order valence-corrected chi connectivity index (χ2v) is 15.5. The van der Waals surface area contributed by atoms with Crippen molar-refractivity contribution in [3.63, 3.8) is 0 Å². The van der Waals surface area contributed by atoms with E-state index in [0.29, 0.717) is 39.5 Å². The van der Waals surface area contributed by atoms with Gasteiger partial charge < -0.3 is 4.52 Å². The lowest BCUT2D eigenvalue weighted by Gasteiger charge is -2.38. The summed E-state index contributed by atoms with van der Waals surface area (Å²) in [6, 6.07) is 0. The van der Waals surface area contributed by atoms with E-state index in [1.54, 1.807) is 23.2 Å². The van der Waals surface area contributed by atoms with E-state index in [1.165, 1.54) is 11.8 Å². The van der Waals surface area contributed by atoms with Crippen molar-refractivity contribution in [3.05, 3.63) is 45.7 Å².